The maximum atomic E-state index is 12.4. The van der Waals surface area contributed by atoms with Crippen molar-refractivity contribution in [2.24, 2.45) is 0 Å². The second-order valence-corrected chi connectivity index (χ2v) is 7.47. The summed E-state index contributed by atoms with van der Waals surface area (Å²) in [6.45, 7) is 5.93. The van der Waals surface area contributed by atoms with Crippen LogP contribution in [0, 0.1) is 0 Å². The zero-order valence-electron chi connectivity index (χ0n) is 14.8. The third-order valence-corrected chi connectivity index (χ3v) is 5.87. The molecule has 1 aliphatic heterocycles. The van der Waals surface area contributed by atoms with Gasteiger partial charge in [-0.1, -0.05) is 38.1 Å². The van der Waals surface area contributed by atoms with Gasteiger partial charge in [0.2, 0.25) is 5.91 Å². The minimum absolute atomic E-state index is 0.0349. The lowest BCUT2D eigenvalue weighted by Crippen LogP contribution is -2.34. The summed E-state index contributed by atoms with van der Waals surface area (Å²) in [5.41, 5.74) is 3.52. The molecule has 5 heteroatoms. The Balaban J connectivity index is 1.61. The van der Waals surface area contributed by atoms with E-state index in [1.54, 1.807) is 11.3 Å². The molecule has 0 radical (unpaired) electrons. The van der Waals surface area contributed by atoms with E-state index < -0.39 is 0 Å². The molecule has 4 nitrogen and oxygen atoms in total. The lowest BCUT2D eigenvalue weighted by Gasteiger charge is -2.26. The maximum Gasteiger partial charge on any atom is 0.261 e. The standard InChI is InChI=1S/C20H24N2O2S/c1-3-14-5-7-15(8-6-14)12-21-20(24)18-11-16-13-22(19(23)4-2)10-9-17(16)25-18/h5-8,11H,3-4,9-10,12-13H2,1-2H3,(H,21,24). The Labute approximate surface area is 152 Å². The van der Waals surface area contributed by atoms with Crippen molar-refractivity contribution < 1.29 is 9.59 Å². The van der Waals surface area contributed by atoms with Crippen molar-refractivity contribution >= 4 is 23.2 Å². The van der Waals surface area contributed by atoms with Gasteiger partial charge >= 0.3 is 0 Å². The first kappa shape index (κ1) is 17.7. The number of amides is 2. The minimum Gasteiger partial charge on any atom is -0.347 e. The Hall–Kier alpha value is -2.14. The van der Waals surface area contributed by atoms with Crippen LogP contribution in [0.25, 0.3) is 0 Å². The first-order chi connectivity index (χ1) is 12.1. The number of carbonyl (C=O) groups excluding carboxylic acids is 2. The molecule has 132 valence electrons. The molecule has 0 spiro atoms. The molecule has 2 amide bonds. The highest BCUT2D eigenvalue weighted by Gasteiger charge is 2.23. The number of aryl methyl sites for hydroxylation is 1. The Morgan fingerprint density at radius 1 is 1.16 bits per heavy atom. The van der Waals surface area contributed by atoms with Crippen molar-refractivity contribution in [1.82, 2.24) is 10.2 Å². The van der Waals surface area contributed by atoms with Crippen molar-refractivity contribution in [2.75, 3.05) is 6.54 Å². The van der Waals surface area contributed by atoms with Gasteiger partial charge in [-0.3, -0.25) is 9.59 Å². The molecule has 0 bridgehead atoms. The van der Waals surface area contributed by atoms with E-state index in [4.69, 9.17) is 0 Å². The van der Waals surface area contributed by atoms with Gasteiger partial charge < -0.3 is 10.2 Å². The summed E-state index contributed by atoms with van der Waals surface area (Å²) in [6, 6.07) is 10.3. The zero-order chi connectivity index (χ0) is 17.8. The number of thiophene rings is 1. The van der Waals surface area contributed by atoms with Crippen LogP contribution in [0.4, 0.5) is 0 Å². The van der Waals surface area contributed by atoms with E-state index in [1.165, 1.54) is 10.4 Å². The van der Waals surface area contributed by atoms with Crippen LogP contribution in [0.2, 0.25) is 0 Å². The van der Waals surface area contributed by atoms with Crippen LogP contribution < -0.4 is 5.32 Å². The number of hydrogen-bond acceptors (Lipinski definition) is 3. The van der Waals surface area contributed by atoms with Crippen molar-refractivity contribution in [3.63, 3.8) is 0 Å². The topological polar surface area (TPSA) is 49.4 Å². The fraction of sp³-hybridized carbons (Fsp3) is 0.400. The minimum atomic E-state index is -0.0349. The molecule has 0 saturated heterocycles. The largest absolute Gasteiger partial charge is 0.347 e. The molecule has 0 aliphatic carbocycles. The Morgan fingerprint density at radius 2 is 1.88 bits per heavy atom. The monoisotopic (exact) mass is 356 g/mol. The molecule has 2 aromatic rings. The normalized spacial score (nSPS) is 13.4. The highest BCUT2D eigenvalue weighted by molar-refractivity contribution is 7.14. The highest BCUT2D eigenvalue weighted by Crippen LogP contribution is 2.28. The molecular weight excluding hydrogens is 332 g/mol. The molecule has 0 saturated carbocycles. The molecule has 0 fully saturated rings. The van der Waals surface area contributed by atoms with Gasteiger partial charge in [-0.05, 0) is 35.6 Å². The quantitative estimate of drug-likeness (QED) is 0.891. The van der Waals surface area contributed by atoms with Crippen LogP contribution in [-0.4, -0.2) is 23.3 Å². The van der Waals surface area contributed by atoms with Gasteiger partial charge in [0, 0.05) is 30.9 Å². The van der Waals surface area contributed by atoms with E-state index in [9.17, 15) is 9.59 Å². The van der Waals surface area contributed by atoms with Gasteiger partial charge in [0.05, 0.1) is 4.88 Å². The highest BCUT2D eigenvalue weighted by atomic mass is 32.1. The van der Waals surface area contributed by atoms with Crippen molar-refractivity contribution in [1.29, 1.82) is 0 Å². The average Bonchev–Trinajstić information content (AvgIpc) is 3.09. The Kier molecular flexibility index (Phi) is 5.53. The molecular formula is C20H24N2O2S. The molecule has 0 atom stereocenters. The van der Waals surface area contributed by atoms with Crippen LogP contribution in [-0.2, 0) is 30.7 Å². The average molecular weight is 356 g/mol. The zero-order valence-corrected chi connectivity index (χ0v) is 15.6. The number of fused-ring (bicyclic) bond motifs is 1. The van der Waals surface area contributed by atoms with Gasteiger partial charge in [0.1, 0.15) is 0 Å². The van der Waals surface area contributed by atoms with Crippen LogP contribution in [0.15, 0.2) is 30.3 Å². The molecule has 25 heavy (non-hydrogen) atoms. The lowest BCUT2D eigenvalue weighted by molar-refractivity contribution is -0.131. The van der Waals surface area contributed by atoms with E-state index >= 15 is 0 Å². The number of rotatable bonds is 5. The third kappa shape index (κ3) is 4.10. The SMILES string of the molecule is CCC(=O)N1CCc2sc(C(=O)NCc3ccc(CC)cc3)cc2C1. The predicted molar refractivity (Wildman–Crippen MR) is 101 cm³/mol. The fourth-order valence-electron chi connectivity index (χ4n) is 3.04. The fourth-order valence-corrected chi connectivity index (χ4v) is 4.12. The first-order valence-corrected chi connectivity index (χ1v) is 9.67. The summed E-state index contributed by atoms with van der Waals surface area (Å²) in [5.74, 6) is 0.144. The smallest absolute Gasteiger partial charge is 0.261 e. The molecule has 1 aliphatic rings. The predicted octanol–water partition coefficient (Wildman–Crippen LogP) is 3.54. The van der Waals surface area contributed by atoms with Crippen molar-refractivity contribution in [3.8, 4) is 0 Å². The lowest BCUT2D eigenvalue weighted by atomic mass is 10.1. The molecule has 1 aromatic heterocycles. The number of nitrogens with zero attached hydrogens (tertiary/aromatic N) is 1. The van der Waals surface area contributed by atoms with Gasteiger partial charge in [-0.15, -0.1) is 11.3 Å². The van der Waals surface area contributed by atoms with Gasteiger partial charge in [-0.2, -0.15) is 0 Å². The molecule has 1 N–H and O–H groups in total. The summed E-state index contributed by atoms with van der Waals surface area (Å²) in [4.78, 5) is 28.2. The molecule has 0 unspecified atom stereocenters. The molecule has 1 aromatic carbocycles. The first-order valence-electron chi connectivity index (χ1n) is 8.86. The van der Waals surface area contributed by atoms with Crippen LogP contribution in [0.3, 0.4) is 0 Å². The summed E-state index contributed by atoms with van der Waals surface area (Å²) < 4.78 is 0. The van der Waals surface area contributed by atoms with E-state index in [0.717, 1.165) is 35.4 Å². The summed E-state index contributed by atoms with van der Waals surface area (Å²) in [6.07, 6.45) is 2.39. The Morgan fingerprint density at radius 3 is 2.56 bits per heavy atom. The summed E-state index contributed by atoms with van der Waals surface area (Å²) in [5, 5.41) is 3.00. The Bertz CT molecular complexity index is 765. The number of benzene rings is 1. The van der Waals surface area contributed by atoms with Gasteiger partial charge in [-0.25, -0.2) is 0 Å². The van der Waals surface area contributed by atoms with Gasteiger partial charge in [0.25, 0.3) is 5.91 Å². The van der Waals surface area contributed by atoms with Crippen LogP contribution >= 0.6 is 11.3 Å². The second-order valence-electron chi connectivity index (χ2n) is 6.33. The number of carbonyl (C=O) groups is 2. The summed E-state index contributed by atoms with van der Waals surface area (Å²) in [7, 11) is 0. The third-order valence-electron chi connectivity index (χ3n) is 4.63. The molecule has 2 heterocycles. The second kappa shape index (κ2) is 7.83. The van der Waals surface area contributed by atoms with Crippen LogP contribution in [0.1, 0.15) is 51.5 Å². The van der Waals surface area contributed by atoms with Crippen LogP contribution in [0.5, 0.6) is 0 Å². The van der Waals surface area contributed by atoms with Gasteiger partial charge in [0.15, 0.2) is 0 Å². The number of nitrogens with one attached hydrogen (secondary N) is 1. The van der Waals surface area contributed by atoms with E-state index in [1.807, 2.05) is 17.9 Å². The number of hydrogen-bond donors (Lipinski definition) is 1. The van der Waals surface area contributed by atoms with Crippen molar-refractivity contribution in [2.45, 2.75) is 46.2 Å². The van der Waals surface area contributed by atoms with E-state index in [0.29, 0.717) is 19.5 Å². The molecule has 3 rings (SSSR count). The van der Waals surface area contributed by atoms with Crippen molar-refractivity contribution in [3.05, 3.63) is 56.8 Å². The van der Waals surface area contributed by atoms with E-state index in [2.05, 4.69) is 36.5 Å². The van der Waals surface area contributed by atoms with E-state index in [-0.39, 0.29) is 11.8 Å². The summed E-state index contributed by atoms with van der Waals surface area (Å²) >= 11 is 1.56. The maximum absolute atomic E-state index is 12.4.